The molecule has 0 aromatic rings. The topological polar surface area (TPSA) is 17.1 Å². The van der Waals surface area contributed by atoms with E-state index in [0.717, 1.165) is 24.2 Å². The molecule has 0 aromatic carbocycles. The first-order valence-electron chi connectivity index (χ1n) is 9.64. The van der Waals surface area contributed by atoms with Gasteiger partial charge in [0.1, 0.15) is 0 Å². The third-order valence-corrected chi connectivity index (χ3v) is 8.87. The van der Waals surface area contributed by atoms with Crippen LogP contribution in [0.1, 0.15) is 103 Å². The lowest BCUT2D eigenvalue weighted by Gasteiger charge is -2.37. The summed E-state index contributed by atoms with van der Waals surface area (Å²) in [5.74, 6) is 0. The summed E-state index contributed by atoms with van der Waals surface area (Å²) >= 11 is 0. The van der Waals surface area contributed by atoms with Crippen LogP contribution in [0.4, 0.5) is 0 Å². The summed E-state index contributed by atoms with van der Waals surface area (Å²) in [7, 11) is -0.318. The molecule has 21 heavy (non-hydrogen) atoms. The van der Waals surface area contributed by atoms with Gasteiger partial charge in [-0.25, -0.2) is 0 Å². The van der Waals surface area contributed by atoms with Gasteiger partial charge in [-0.1, -0.05) is 64.7 Å². The Morgan fingerprint density at radius 2 is 1.33 bits per heavy atom. The molecule has 2 fully saturated rings. The molecule has 0 saturated heterocycles. The summed E-state index contributed by atoms with van der Waals surface area (Å²) in [6.07, 6.45) is 19.7. The normalized spacial score (nSPS) is 21.8. The first kappa shape index (κ1) is 17.5. The molecule has 0 amide bonds. The number of rotatable bonds is 8. The van der Waals surface area contributed by atoms with Crippen molar-refractivity contribution in [2.24, 2.45) is 0 Å². The zero-order chi connectivity index (χ0) is 14.9. The highest BCUT2D eigenvalue weighted by atomic mass is 31.1. The van der Waals surface area contributed by atoms with Gasteiger partial charge in [-0.05, 0) is 51.3 Å². The van der Waals surface area contributed by atoms with Gasteiger partial charge < -0.3 is 0 Å². The molecule has 0 aliphatic heterocycles. The van der Waals surface area contributed by atoms with Crippen molar-refractivity contribution in [3.8, 4) is 0 Å². The van der Waals surface area contributed by atoms with Crippen LogP contribution in [0.15, 0.2) is 0 Å². The number of hydrogen-bond donors (Lipinski definition) is 0. The van der Waals surface area contributed by atoms with Crippen LogP contribution < -0.4 is 0 Å². The Balaban J connectivity index is 1.91. The summed E-state index contributed by atoms with van der Waals surface area (Å²) in [5, 5.41) is 0. The van der Waals surface area contributed by atoms with Crippen molar-refractivity contribution in [2.75, 3.05) is 0 Å². The second-order valence-corrected chi connectivity index (χ2v) is 9.97. The average molecular weight is 310 g/mol. The van der Waals surface area contributed by atoms with Crippen LogP contribution in [-0.2, 0) is 4.79 Å². The first-order chi connectivity index (χ1) is 10.3. The lowest BCUT2D eigenvalue weighted by Crippen LogP contribution is -2.24. The fourth-order valence-electron chi connectivity index (χ4n) is 4.26. The fraction of sp³-hybridized carbons (Fsp3) is 0.947. The molecule has 0 radical (unpaired) electrons. The minimum atomic E-state index is -0.318. The van der Waals surface area contributed by atoms with Crippen molar-refractivity contribution in [1.82, 2.24) is 0 Å². The van der Waals surface area contributed by atoms with Gasteiger partial charge in [-0.15, -0.1) is 0 Å². The maximum Gasteiger partial charge on any atom is 0.154 e. The van der Waals surface area contributed by atoms with Crippen molar-refractivity contribution < 1.29 is 4.79 Å². The predicted molar refractivity (Wildman–Crippen MR) is 94.4 cm³/mol. The second kappa shape index (κ2) is 9.98. The molecule has 0 aromatic heterocycles. The van der Waals surface area contributed by atoms with E-state index >= 15 is 0 Å². The molecular weight excluding hydrogens is 275 g/mol. The summed E-state index contributed by atoms with van der Waals surface area (Å²) in [4.78, 5) is 12.9. The van der Waals surface area contributed by atoms with Crippen LogP contribution in [0.5, 0.6) is 0 Å². The van der Waals surface area contributed by atoms with Gasteiger partial charge in [0.2, 0.25) is 0 Å². The van der Waals surface area contributed by atoms with E-state index in [1.54, 1.807) is 0 Å². The van der Waals surface area contributed by atoms with E-state index in [4.69, 9.17) is 0 Å². The summed E-state index contributed by atoms with van der Waals surface area (Å²) in [6, 6.07) is 0. The zero-order valence-corrected chi connectivity index (χ0v) is 15.0. The van der Waals surface area contributed by atoms with Gasteiger partial charge in [-0.2, -0.15) is 0 Å². The van der Waals surface area contributed by atoms with Crippen LogP contribution in [0, 0.1) is 0 Å². The number of carbonyl (C=O) groups is 1. The maximum atomic E-state index is 12.9. The van der Waals surface area contributed by atoms with Crippen LogP contribution in [0.3, 0.4) is 0 Å². The third-order valence-electron chi connectivity index (χ3n) is 5.47. The molecule has 2 heteroatoms. The van der Waals surface area contributed by atoms with Gasteiger partial charge in [0.05, 0.1) is 0 Å². The molecular formula is C19H35OP. The van der Waals surface area contributed by atoms with Crippen molar-refractivity contribution in [3.63, 3.8) is 0 Å². The summed E-state index contributed by atoms with van der Waals surface area (Å²) in [5.41, 5.74) is 2.31. The largest absolute Gasteiger partial charge is 0.295 e. The van der Waals surface area contributed by atoms with Crippen molar-refractivity contribution in [3.05, 3.63) is 0 Å². The third kappa shape index (κ3) is 5.66. The van der Waals surface area contributed by atoms with Crippen LogP contribution >= 0.6 is 7.92 Å². The van der Waals surface area contributed by atoms with Crippen LogP contribution in [0.2, 0.25) is 0 Å². The Morgan fingerprint density at radius 3 is 1.81 bits per heavy atom. The molecule has 0 bridgehead atoms. The SMILES string of the molecule is CCCCCCC(=O)P(C1CCCCC1)C1CCCCC1. The molecule has 0 spiro atoms. The standard InChI is InChI=1S/C19H35OP/c1-2-3-4-11-16-19(20)21(17-12-7-5-8-13-17)18-14-9-6-10-15-18/h17-18H,2-16H2,1H3. The van der Waals surface area contributed by atoms with Crippen molar-refractivity contribution in [2.45, 2.75) is 115 Å². The van der Waals surface area contributed by atoms with Crippen molar-refractivity contribution in [1.29, 1.82) is 0 Å². The first-order valence-corrected chi connectivity index (χ1v) is 11.1. The summed E-state index contributed by atoms with van der Waals surface area (Å²) in [6.45, 7) is 2.25. The smallest absolute Gasteiger partial charge is 0.154 e. The molecule has 1 nitrogen and oxygen atoms in total. The van der Waals surface area contributed by atoms with Gasteiger partial charge in [0.15, 0.2) is 5.52 Å². The molecule has 0 unspecified atom stereocenters. The quantitative estimate of drug-likeness (QED) is 0.363. The Hall–Kier alpha value is 0.100. The van der Waals surface area contributed by atoms with Gasteiger partial charge >= 0.3 is 0 Å². The highest BCUT2D eigenvalue weighted by molar-refractivity contribution is 7.76. The lowest BCUT2D eigenvalue weighted by molar-refractivity contribution is -0.111. The van der Waals surface area contributed by atoms with E-state index in [1.807, 2.05) is 0 Å². The number of hydrogen-bond acceptors (Lipinski definition) is 1. The molecule has 0 atom stereocenters. The number of carbonyl (C=O) groups excluding carboxylic acids is 1. The van der Waals surface area contributed by atoms with Gasteiger partial charge in [-0.3, -0.25) is 4.79 Å². The van der Waals surface area contributed by atoms with E-state index in [9.17, 15) is 4.79 Å². The van der Waals surface area contributed by atoms with Crippen LogP contribution in [-0.4, -0.2) is 16.8 Å². The average Bonchev–Trinajstić information content (AvgIpc) is 2.54. The van der Waals surface area contributed by atoms with E-state index in [1.165, 1.54) is 83.5 Å². The molecule has 122 valence electrons. The molecule has 2 rings (SSSR count). The predicted octanol–water partition coefficient (Wildman–Crippen LogP) is 6.63. The lowest BCUT2D eigenvalue weighted by atomic mass is 9.99. The minimum absolute atomic E-state index is 0.318. The monoisotopic (exact) mass is 310 g/mol. The fourth-order valence-corrected chi connectivity index (χ4v) is 7.93. The maximum absolute atomic E-state index is 12.9. The van der Waals surface area contributed by atoms with Gasteiger partial charge in [0.25, 0.3) is 0 Å². The van der Waals surface area contributed by atoms with Gasteiger partial charge in [0, 0.05) is 6.42 Å². The minimum Gasteiger partial charge on any atom is -0.295 e. The highest BCUT2D eigenvalue weighted by Gasteiger charge is 2.35. The molecule has 0 heterocycles. The summed E-state index contributed by atoms with van der Waals surface area (Å²) < 4.78 is 0. The van der Waals surface area contributed by atoms with Crippen LogP contribution in [0.25, 0.3) is 0 Å². The molecule has 2 saturated carbocycles. The molecule has 2 aliphatic rings. The second-order valence-electron chi connectivity index (χ2n) is 7.20. The number of unbranched alkanes of at least 4 members (excludes halogenated alkanes) is 3. The Kier molecular flexibility index (Phi) is 8.30. The Bertz CT molecular complexity index is 272. The Morgan fingerprint density at radius 1 is 0.810 bits per heavy atom. The Labute approximate surface area is 133 Å². The zero-order valence-electron chi connectivity index (χ0n) is 14.1. The molecule has 0 N–H and O–H groups in total. The highest BCUT2D eigenvalue weighted by Crippen LogP contribution is 2.56. The van der Waals surface area contributed by atoms with E-state index in [0.29, 0.717) is 5.52 Å². The van der Waals surface area contributed by atoms with E-state index in [-0.39, 0.29) is 7.92 Å². The van der Waals surface area contributed by atoms with Crippen molar-refractivity contribution >= 4 is 13.4 Å². The van der Waals surface area contributed by atoms with E-state index in [2.05, 4.69) is 6.92 Å². The molecule has 2 aliphatic carbocycles. The van der Waals surface area contributed by atoms with E-state index < -0.39 is 0 Å².